The molecule has 0 aromatic rings. The van der Waals surface area contributed by atoms with Gasteiger partial charge in [-0.2, -0.15) is 0 Å². The van der Waals surface area contributed by atoms with Crippen molar-refractivity contribution in [1.29, 1.82) is 0 Å². The Kier molecular flexibility index (Phi) is 2.94. The molecule has 60 valence electrons. The minimum Gasteiger partial charge on any atom is -0.328 e. The summed E-state index contributed by atoms with van der Waals surface area (Å²) < 4.78 is 16.7. The molecule has 1 rings (SSSR count). The average Bonchev–Trinajstić information content (AvgIpc) is 2.33. The summed E-state index contributed by atoms with van der Waals surface area (Å²) in [6.45, 7) is 2.84. The summed E-state index contributed by atoms with van der Waals surface area (Å²) in [5, 5.41) is 0. The van der Waals surface area contributed by atoms with Crippen LogP contribution in [-0.4, -0.2) is 18.9 Å². The third kappa shape index (κ3) is 2.10. The van der Waals surface area contributed by atoms with Crippen LogP contribution in [-0.2, 0) is 9.09 Å². The standard InChI is InChI=1S/C7H15O2P/c1-2-3-6-10(8)7-4-5-9-10/h2-7H2,1H3. The molecule has 0 spiro atoms. The van der Waals surface area contributed by atoms with Crippen molar-refractivity contribution in [3.8, 4) is 0 Å². The van der Waals surface area contributed by atoms with Crippen molar-refractivity contribution in [3.05, 3.63) is 0 Å². The van der Waals surface area contributed by atoms with Crippen molar-refractivity contribution in [3.63, 3.8) is 0 Å². The lowest BCUT2D eigenvalue weighted by Crippen LogP contribution is -1.89. The van der Waals surface area contributed by atoms with E-state index in [4.69, 9.17) is 4.52 Å². The molecule has 1 aliphatic rings. The highest BCUT2D eigenvalue weighted by Crippen LogP contribution is 2.52. The Morgan fingerprint density at radius 3 is 2.90 bits per heavy atom. The second-order valence-electron chi connectivity index (χ2n) is 2.80. The normalized spacial score (nSPS) is 32.9. The first-order chi connectivity index (χ1) is 4.77. The highest BCUT2D eigenvalue weighted by Gasteiger charge is 2.26. The van der Waals surface area contributed by atoms with Crippen LogP contribution in [0, 0.1) is 0 Å². The van der Waals surface area contributed by atoms with Gasteiger partial charge in [-0.15, -0.1) is 0 Å². The molecule has 1 saturated heterocycles. The Hall–Kier alpha value is 0.190. The molecule has 10 heavy (non-hydrogen) atoms. The van der Waals surface area contributed by atoms with Gasteiger partial charge >= 0.3 is 0 Å². The number of hydrogen-bond acceptors (Lipinski definition) is 2. The summed E-state index contributed by atoms with van der Waals surface area (Å²) in [5.41, 5.74) is 0. The van der Waals surface area contributed by atoms with Crippen LogP contribution in [0.1, 0.15) is 26.2 Å². The Morgan fingerprint density at radius 2 is 2.40 bits per heavy atom. The van der Waals surface area contributed by atoms with Gasteiger partial charge in [-0.1, -0.05) is 13.3 Å². The number of hydrogen-bond donors (Lipinski definition) is 0. The van der Waals surface area contributed by atoms with Gasteiger partial charge in [0.1, 0.15) is 0 Å². The van der Waals surface area contributed by atoms with Crippen molar-refractivity contribution in [2.45, 2.75) is 26.2 Å². The molecule has 1 heterocycles. The molecule has 0 amide bonds. The van der Waals surface area contributed by atoms with Crippen LogP contribution in [0.4, 0.5) is 0 Å². The van der Waals surface area contributed by atoms with Crippen molar-refractivity contribution in [1.82, 2.24) is 0 Å². The average molecular weight is 162 g/mol. The zero-order chi connectivity index (χ0) is 7.45. The molecular weight excluding hydrogens is 147 g/mol. The monoisotopic (exact) mass is 162 g/mol. The van der Waals surface area contributed by atoms with Crippen molar-refractivity contribution < 1.29 is 9.09 Å². The summed E-state index contributed by atoms with van der Waals surface area (Å²) in [7, 11) is -2.09. The van der Waals surface area contributed by atoms with Crippen LogP contribution in [0.2, 0.25) is 0 Å². The first-order valence-electron chi connectivity index (χ1n) is 3.99. The fraction of sp³-hybridized carbons (Fsp3) is 1.00. The summed E-state index contributed by atoms with van der Waals surface area (Å²) in [5.74, 6) is 0. The van der Waals surface area contributed by atoms with E-state index in [1.807, 2.05) is 0 Å². The summed E-state index contributed by atoms with van der Waals surface area (Å²) >= 11 is 0. The third-order valence-corrected chi connectivity index (χ3v) is 4.47. The van der Waals surface area contributed by atoms with E-state index in [9.17, 15) is 4.57 Å². The van der Waals surface area contributed by atoms with Gasteiger partial charge in [-0.05, 0) is 12.8 Å². The lowest BCUT2D eigenvalue weighted by atomic mass is 10.4. The number of unbranched alkanes of at least 4 members (excludes halogenated alkanes) is 1. The maximum atomic E-state index is 11.5. The van der Waals surface area contributed by atoms with Gasteiger partial charge in [0.2, 0.25) is 7.37 Å². The molecule has 0 saturated carbocycles. The fourth-order valence-corrected chi connectivity index (χ4v) is 3.53. The maximum absolute atomic E-state index is 11.5. The largest absolute Gasteiger partial charge is 0.328 e. The van der Waals surface area contributed by atoms with Gasteiger partial charge in [0.15, 0.2) is 0 Å². The first-order valence-corrected chi connectivity index (χ1v) is 5.99. The molecule has 1 unspecified atom stereocenters. The van der Waals surface area contributed by atoms with E-state index in [-0.39, 0.29) is 0 Å². The molecule has 1 atom stereocenters. The van der Waals surface area contributed by atoms with Gasteiger partial charge in [-0.3, -0.25) is 4.57 Å². The van der Waals surface area contributed by atoms with E-state index in [0.717, 1.165) is 38.2 Å². The van der Waals surface area contributed by atoms with Gasteiger partial charge in [0.05, 0.1) is 6.61 Å². The minimum absolute atomic E-state index is 0.723. The lowest BCUT2D eigenvalue weighted by Gasteiger charge is -2.07. The molecule has 3 heteroatoms. The second kappa shape index (κ2) is 3.54. The summed E-state index contributed by atoms with van der Waals surface area (Å²) in [6, 6.07) is 0. The fourth-order valence-electron chi connectivity index (χ4n) is 1.18. The van der Waals surface area contributed by atoms with Crippen molar-refractivity contribution in [2.24, 2.45) is 0 Å². The van der Waals surface area contributed by atoms with Gasteiger partial charge < -0.3 is 4.52 Å². The molecule has 0 aromatic carbocycles. The third-order valence-electron chi connectivity index (χ3n) is 1.82. The molecule has 0 N–H and O–H groups in total. The Balaban J connectivity index is 2.29. The SMILES string of the molecule is CCCCP1(=O)CCCO1. The maximum Gasteiger partial charge on any atom is 0.203 e. The molecular formula is C7H15O2P. The Labute approximate surface area is 62.4 Å². The molecule has 0 radical (unpaired) electrons. The zero-order valence-corrected chi connectivity index (χ0v) is 7.40. The first kappa shape index (κ1) is 8.29. The van der Waals surface area contributed by atoms with Crippen LogP contribution in [0.25, 0.3) is 0 Å². The minimum atomic E-state index is -2.09. The molecule has 0 aromatic heterocycles. The zero-order valence-electron chi connectivity index (χ0n) is 6.51. The summed E-state index contributed by atoms with van der Waals surface area (Å²) in [4.78, 5) is 0. The van der Waals surface area contributed by atoms with E-state index >= 15 is 0 Å². The van der Waals surface area contributed by atoms with E-state index in [1.54, 1.807) is 0 Å². The van der Waals surface area contributed by atoms with Gasteiger partial charge in [0.25, 0.3) is 0 Å². The lowest BCUT2D eigenvalue weighted by molar-refractivity contribution is 0.349. The van der Waals surface area contributed by atoms with Crippen LogP contribution < -0.4 is 0 Å². The van der Waals surface area contributed by atoms with Crippen LogP contribution in [0.15, 0.2) is 0 Å². The van der Waals surface area contributed by atoms with Gasteiger partial charge in [-0.25, -0.2) is 0 Å². The highest BCUT2D eigenvalue weighted by atomic mass is 31.2. The number of rotatable bonds is 3. The molecule has 2 nitrogen and oxygen atoms in total. The Morgan fingerprint density at radius 1 is 1.60 bits per heavy atom. The van der Waals surface area contributed by atoms with Crippen molar-refractivity contribution in [2.75, 3.05) is 18.9 Å². The quantitative estimate of drug-likeness (QED) is 0.596. The molecule has 1 aliphatic heterocycles. The van der Waals surface area contributed by atoms with Crippen molar-refractivity contribution >= 4 is 7.37 Å². The predicted molar refractivity (Wildman–Crippen MR) is 42.8 cm³/mol. The molecule has 1 fully saturated rings. The van der Waals surface area contributed by atoms with Crippen LogP contribution in [0.5, 0.6) is 0 Å². The summed E-state index contributed by atoms with van der Waals surface area (Å²) in [6.07, 6.45) is 4.81. The highest BCUT2D eigenvalue weighted by molar-refractivity contribution is 7.59. The smallest absolute Gasteiger partial charge is 0.203 e. The van der Waals surface area contributed by atoms with E-state index in [0.29, 0.717) is 0 Å². The molecule has 0 aliphatic carbocycles. The van der Waals surface area contributed by atoms with Crippen LogP contribution >= 0.6 is 7.37 Å². The Bertz CT molecular complexity index is 135. The second-order valence-corrected chi connectivity index (χ2v) is 5.58. The van der Waals surface area contributed by atoms with E-state index in [1.165, 1.54) is 0 Å². The predicted octanol–water partition coefficient (Wildman–Crippen LogP) is 2.48. The van der Waals surface area contributed by atoms with Crippen LogP contribution in [0.3, 0.4) is 0 Å². The van der Waals surface area contributed by atoms with E-state index in [2.05, 4.69) is 6.92 Å². The molecule has 0 bridgehead atoms. The van der Waals surface area contributed by atoms with Gasteiger partial charge in [0, 0.05) is 12.3 Å². The van der Waals surface area contributed by atoms with E-state index < -0.39 is 7.37 Å². The topological polar surface area (TPSA) is 26.3 Å².